The summed E-state index contributed by atoms with van der Waals surface area (Å²) in [5.74, 6) is -0.754. The van der Waals surface area contributed by atoms with E-state index in [-0.39, 0.29) is 18.5 Å². The van der Waals surface area contributed by atoms with E-state index in [0.717, 1.165) is 103 Å². The Morgan fingerprint density at radius 3 is 1.54 bits per heavy atom. The summed E-state index contributed by atoms with van der Waals surface area (Å²) in [5, 5.41) is 8.73. The van der Waals surface area contributed by atoms with Gasteiger partial charge in [-0.1, -0.05) is 126 Å². The summed E-state index contributed by atoms with van der Waals surface area (Å²) in [6, 6.07) is 0. The van der Waals surface area contributed by atoms with Crippen LogP contribution in [0.5, 0.6) is 0 Å². The monoisotopic (exact) mass is 570 g/mol. The van der Waals surface area contributed by atoms with Gasteiger partial charge in [0, 0.05) is 12.8 Å². The predicted molar refractivity (Wildman–Crippen MR) is 176 cm³/mol. The Balaban J connectivity index is 4.05. The standard InChI is InChI=1S/C37H62O4/c1-3-5-7-9-10-11-12-13-14-15-16-17-18-19-20-26-30-34-37(40)41-35(31-27-23-8-6-4-2)32-28-24-21-22-25-29-33-36(38)39/h5,7,10-11,13-14,16-17,19-20,35H,3-4,6,8-9,12,15,18,21-34H2,1-2H3,(H,38,39)/b7-5-,11-10-,14-13-,17-16-,20-19-. The highest BCUT2D eigenvalue weighted by molar-refractivity contribution is 5.69. The van der Waals surface area contributed by atoms with E-state index >= 15 is 0 Å². The van der Waals surface area contributed by atoms with Crippen LogP contribution < -0.4 is 0 Å². The fourth-order valence-electron chi connectivity index (χ4n) is 4.57. The first-order chi connectivity index (χ1) is 20.1. The van der Waals surface area contributed by atoms with Crippen molar-refractivity contribution in [3.05, 3.63) is 60.8 Å². The SMILES string of the molecule is CC/C=C\C/C=C\C/C=C\C/C=C\C/C=C\CCCC(=O)OC(CCCCCCC)CCCCCCCCC(=O)O. The molecule has 0 bridgehead atoms. The molecule has 0 aromatic carbocycles. The largest absolute Gasteiger partial charge is 0.481 e. The van der Waals surface area contributed by atoms with Gasteiger partial charge in [-0.25, -0.2) is 0 Å². The van der Waals surface area contributed by atoms with Crippen LogP contribution in [0.1, 0.15) is 155 Å². The van der Waals surface area contributed by atoms with Gasteiger partial charge in [0.25, 0.3) is 0 Å². The molecule has 0 fully saturated rings. The third-order valence-corrected chi connectivity index (χ3v) is 7.00. The van der Waals surface area contributed by atoms with Gasteiger partial charge in [0.05, 0.1) is 0 Å². The molecule has 1 unspecified atom stereocenters. The lowest BCUT2D eigenvalue weighted by molar-refractivity contribution is -0.150. The topological polar surface area (TPSA) is 63.6 Å². The number of aliphatic carboxylic acids is 1. The van der Waals surface area contributed by atoms with Crippen LogP contribution in [0.2, 0.25) is 0 Å². The Kier molecular flexibility index (Phi) is 30.3. The summed E-state index contributed by atoms with van der Waals surface area (Å²) in [7, 11) is 0. The fourth-order valence-corrected chi connectivity index (χ4v) is 4.57. The molecular weight excluding hydrogens is 508 g/mol. The van der Waals surface area contributed by atoms with Crippen molar-refractivity contribution in [3.8, 4) is 0 Å². The van der Waals surface area contributed by atoms with E-state index in [9.17, 15) is 9.59 Å². The smallest absolute Gasteiger partial charge is 0.306 e. The second kappa shape index (κ2) is 32.2. The summed E-state index contributed by atoms with van der Waals surface area (Å²) >= 11 is 0. The molecule has 0 saturated carbocycles. The molecule has 0 aromatic rings. The molecule has 0 spiro atoms. The predicted octanol–water partition coefficient (Wildman–Crippen LogP) is 11.4. The van der Waals surface area contributed by atoms with Crippen molar-refractivity contribution in [2.75, 3.05) is 0 Å². The van der Waals surface area contributed by atoms with Gasteiger partial charge in [-0.3, -0.25) is 9.59 Å². The van der Waals surface area contributed by atoms with Crippen molar-refractivity contribution in [1.82, 2.24) is 0 Å². The third-order valence-electron chi connectivity index (χ3n) is 7.00. The fraction of sp³-hybridized carbons (Fsp3) is 0.676. The number of ether oxygens (including phenoxy) is 1. The van der Waals surface area contributed by atoms with Crippen molar-refractivity contribution < 1.29 is 19.4 Å². The Bertz CT molecular complexity index is 744. The highest BCUT2D eigenvalue weighted by Crippen LogP contribution is 2.18. The summed E-state index contributed by atoms with van der Waals surface area (Å²) in [4.78, 5) is 23.1. The van der Waals surface area contributed by atoms with Gasteiger partial charge >= 0.3 is 11.9 Å². The minimum absolute atomic E-state index is 0.0461. The Labute approximate surface area is 253 Å². The van der Waals surface area contributed by atoms with E-state index in [1.807, 2.05) is 0 Å². The average Bonchev–Trinajstić information content (AvgIpc) is 2.95. The van der Waals surface area contributed by atoms with Crippen molar-refractivity contribution in [1.29, 1.82) is 0 Å². The Hall–Kier alpha value is -2.36. The van der Waals surface area contributed by atoms with Gasteiger partial charge in [0.15, 0.2) is 0 Å². The molecule has 4 heteroatoms. The number of unbranched alkanes of at least 4 members (excludes halogenated alkanes) is 10. The number of carbonyl (C=O) groups excluding carboxylic acids is 1. The first-order valence-electron chi connectivity index (χ1n) is 16.8. The lowest BCUT2D eigenvalue weighted by atomic mass is 10.0. The molecule has 0 rings (SSSR count). The number of hydrogen-bond acceptors (Lipinski definition) is 3. The molecule has 0 aliphatic heterocycles. The molecule has 0 heterocycles. The molecule has 4 nitrogen and oxygen atoms in total. The zero-order valence-electron chi connectivity index (χ0n) is 26.6. The van der Waals surface area contributed by atoms with Crippen LogP contribution >= 0.6 is 0 Å². The number of allylic oxidation sites excluding steroid dienone is 10. The quantitative estimate of drug-likeness (QED) is 0.0552. The maximum absolute atomic E-state index is 12.5. The number of rotatable bonds is 29. The summed E-state index contributed by atoms with van der Waals surface area (Å²) in [6.07, 6.45) is 43.8. The van der Waals surface area contributed by atoms with E-state index in [1.54, 1.807) is 0 Å². The highest BCUT2D eigenvalue weighted by Gasteiger charge is 2.14. The molecule has 41 heavy (non-hydrogen) atoms. The number of esters is 1. The van der Waals surface area contributed by atoms with Crippen LogP contribution in [0.15, 0.2) is 60.8 Å². The molecule has 0 aliphatic rings. The second-order valence-corrected chi connectivity index (χ2v) is 11.0. The number of carboxylic acid groups (broad SMARTS) is 1. The number of carboxylic acids is 1. The van der Waals surface area contributed by atoms with Crippen LogP contribution in [0.4, 0.5) is 0 Å². The van der Waals surface area contributed by atoms with Crippen LogP contribution in [0, 0.1) is 0 Å². The molecule has 234 valence electrons. The minimum atomic E-state index is -0.702. The van der Waals surface area contributed by atoms with Crippen LogP contribution in [-0.4, -0.2) is 23.1 Å². The molecular formula is C37H62O4. The normalized spacial score (nSPS) is 13.0. The Morgan fingerprint density at radius 2 is 1.02 bits per heavy atom. The number of hydrogen-bond donors (Lipinski definition) is 1. The average molecular weight is 571 g/mol. The van der Waals surface area contributed by atoms with Crippen LogP contribution in [0.3, 0.4) is 0 Å². The first-order valence-corrected chi connectivity index (χ1v) is 16.8. The van der Waals surface area contributed by atoms with Gasteiger partial charge in [0.1, 0.15) is 6.10 Å². The summed E-state index contributed by atoms with van der Waals surface area (Å²) < 4.78 is 5.90. The van der Waals surface area contributed by atoms with Crippen molar-refractivity contribution >= 4 is 11.9 Å². The minimum Gasteiger partial charge on any atom is -0.481 e. The molecule has 1 N–H and O–H groups in total. The van der Waals surface area contributed by atoms with Gasteiger partial charge in [-0.05, 0) is 77.0 Å². The molecule has 1 atom stereocenters. The maximum atomic E-state index is 12.5. The van der Waals surface area contributed by atoms with Crippen LogP contribution in [-0.2, 0) is 14.3 Å². The van der Waals surface area contributed by atoms with Gasteiger partial charge in [-0.15, -0.1) is 0 Å². The van der Waals surface area contributed by atoms with Gasteiger partial charge < -0.3 is 9.84 Å². The molecule has 0 aromatic heterocycles. The van der Waals surface area contributed by atoms with Gasteiger partial charge in [0.2, 0.25) is 0 Å². The lowest BCUT2D eigenvalue weighted by Gasteiger charge is -2.18. The molecule has 0 saturated heterocycles. The van der Waals surface area contributed by atoms with Crippen LogP contribution in [0.25, 0.3) is 0 Å². The highest BCUT2D eigenvalue weighted by atomic mass is 16.5. The molecule has 0 radical (unpaired) electrons. The van der Waals surface area contributed by atoms with Crippen molar-refractivity contribution in [2.24, 2.45) is 0 Å². The number of carbonyl (C=O) groups is 2. The van der Waals surface area contributed by atoms with E-state index in [4.69, 9.17) is 9.84 Å². The first kappa shape index (κ1) is 38.6. The Morgan fingerprint density at radius 1 is 0.561 bits per heavy atom. The lowest BCUT2D eigenvalue weighted by Crippen LogP contribution is -2.18. The third kappa shape index (κ3) is 32.0. The second-order valence-electron chi connectivity index (χ2n) is 11.0. The molecule has 0 amide bonds. The van der Waals surface area contributed by atoms with E-state index < -0.39 is 5.97 Å². The van der Waals surface area contributed by atoms with E-state index in [1.165, 1.54) is 25.7 Å². The molecule has 0 aliphatic carbocycles. The summed E-state index contributed by atoms with van der Waals surface area (Å²) in [6.45, 7) is 4.38. The van der Waals surface area contributed by atoms with E-state index in [0.29, 0.717) is 6.42 Å². The van der Waals surface area contributed by atoms with Crippen molar-refractivity contribution in [3.63, 3.8) is 0 Å². The van der Waals surface area contributed by atoms with Crippen molar-refractivity contribution in [2.45, 2.75) is 161 Å². The zero-order chi connectivity index (χ0) is 30.1. The summed E-state index contributed by atoms with van der Waals surface area (Å²) in [5.41, 5.74) is 0. The van der Waals surface area contributed by atoms with E-state index in [2.05, 4.69) is 74.6 Å². The maximum Gasteiger partial charge on any atom is 0.306 e. The van der Waals surface area contributed by atoms with Gasteiger partial charge in [-0.2, -0.15) is 0 Å². The zero-order valence-corrected chi connectivity index (χ0v) is 26.6.